The van der Waals surface area contributed by atoms with Crippen molar-refractivity contribution in [3.63, 3.8) is 0 Å². The minimum absolute atomic E-state index is 0.728. The van der Waals surface area contributed by atoms with Crippen LogP contribution >= 0.6 is 11.3 Å². The van der Waals surface area contributed by atoms with E-state index in [9.17, 15) is 0 Å². The van der Waals surface area contributed by atoms with Crippen LogP contribution in [0.4, 0.5) is 0 Å². The molecule has 0 bridgehead atoms. The van der Waals surface area contributed by atoms with Crippen molar-refractivity contribution in [3.05, 3.63) is 10.0 Å². The van der Waals surface area contributed by atoms with Gasteiger partial charge in [-0.15, -0.1) is 21.5 Å². The van der Waals surface area contributed by atoms with Crippen LogP contribution in [0.3, 0.4) is 0 Å². The van der Waals surface area contributed by atoms with E-state index in [1.54, 1.807) is 126 Å². The van der Waals surface area contributed by atoms with Crippen LogP contribution in [0.25, 0.3) is 0 Å². The second kappa shape index (κ2) is 22.0. The maximum absolute atomic E-state index is 5.66. The predicted octanol–water partition coefficient (Wildman–Crippen LogP) is 19.6. The summed E-state index contributed by atoms with van der Waals surface area (Å²) in [6.45, 7) is 0. The summed E-state index contributed by atoms with van der Waals surface area (Å²) < 4.78 is 0. The van der Waals surface area contributed by atoms with Crippen LogP contribution in [0.1, 0.15) is 292 Å². The van der Waals surface area contributed by atoms with E-state index in [0.29, 0.717) is 0 Å². The van der Waals surface area contributed by atoms with Crippen molar-refractivity contribution in [3.8, 4) is 0 Å². The van der Waals surface area contributed by atoms with E-state index in [2.05, 4.69) is 11.3 Å². The highest BCUT2D eigenvalue weighted by molar-refractivity contribution is 7.11. The summed E-state index contributed by atoms with van der Waals surface area (Å²) in [6, 6.07) is 0. The molecule has 12 saturated carbocycles. The fourth-order valence-corrected chi connectivity index (χ4v) is 25.2. The summed E-state index contributed by atoms with van der Waals surface area (Å²) in [5.74, 6) is 21.5. The third kappa shape index (κ3) is 9.75. The molecule has 1 aromatic rings. The fourth-order valence-electron chi connectivity index (χ4n) is 23.9. The third-order valence-electron chi connectivity index (χ3n) is 26.3. The number of fused-ring (bicyclic) bond motifs is 4. The molecule has 0 amide bonds. The first-order chi connectivity index (χ1) is 34.2. The number of hydrogen-bond donors (Lipinski definition) is 0. The Morgan fingerprint density at radius 1 is 0.217 bits per heavy atom. The average molecular weight is 960 g/mol. The first-order valence-electron chi connectivity index (χ1n) is 33.1. The summed E-state index contributed by atoms with van der Waals surface area (Å²) >= 11 is 2.30. The van der Waals surface area contributed by atoms with Crippen LogP contribution in [0.15, 0.2) is 0 Å². The Labute approximate surface area is 429 Å². The van der Waals surface area contributed by atoms with Crippen LogP contribution in [0.2, 0.25) is 0 Å². The van der Waals surface area contributed by atoms with Gasteiger partial charge in [-0.2, -0.15) is 0 Å². The van der Waals surface area contributed by atoms with Gasteiger partial charge in [0.15, 0.2) is 0 Å². The lowest BCUT2D eigenvalue weighted by molar-refractivity contribution is -0.0817. The van der Waals surface area contributed by atoms with E-state index in [0.717, 1.165) is 130 Å². The molecule has 0 N–H and O–H groups in total. The van der Waals surface area contributed by atoms with E-state index in [1.807, 2.05) is 0 Å². The largest absolute Gasteiger partial charge is 0.143 e. The first-order valence-corrected chi connectivity index (χ1v) is 33.9. The van der Waals surface area contributed by atoms with Gasteiger partial charge in [0.1, 0.15) is 10.0 Å². The third-order valence-corrected chi connectivity index (χ3v) is 27.5. The van der Waals surface area contributed by atoms with Gasteiger partial charge in [0, 0.05) is 11.8 Å². The van der Waals surface area contributed by atoms with Crippen LogP contribution in [0, 0.1) is 118 Å². The molecule has 13 rings (SSSR count). The molecule has 3 heteroatoms. The lowest BCUT2D eigenvalue weighted by Crippen LogP contribution is -2.51. The fraction of sp³-hybridized carbons (Fsp3) is 0.970. The standard InChI is InChI=1S/C66H106N2S/c1-5-21-43(22-6-1)47-37-48(44-23-7-2-8-24-44)40-51(39-47)61-53-29-13-17-33-57(53)63(58-34-18-14-30-54(58)61)65-67-68-66(69-65)64-59-35-19-15-31-55(59)62(56-32-16-20-36-60(56)64)52-41-49(45-25-9-3-10-26-45)38-50(42-52)46-27-11-4-12-28-46/h43-64H,1-42H2. The predicted molar refractivity (Wildman–Crippen MR) is 289 cm³/mol. The lowest BCUT2D eigenvalue weighted by Gasteiger charge is -2.59. The molecule has 0 spiro atoms. The Morgan fingerprint density at radius 2 is 0.435 bits per heavy atom. The Kier molecular flexibility index (Phi) is 15.4. The molecule has 12 fully saturated rings. The quantitative estimate of drug-likeness (QED) is 0.259. The van der Waals surface area contributed by atoms with Crippen molar-refractivity contribution in [1.29, 1.82) is 0 Å². The molecule has 386 valence electrons. The molecule has 1 heterocycles. The van der Waals surface area contributed by atoms with Crippen molar-refractivity contribution in [2.24, 2.45) is 118 Å². The van der Waals surface area contributed by atoms with Gasteiger partial charge < -0.3 is 0 Å². The van der Waals surface area contributed by atoms with Gasteiger partial charge >= 0.3 is 0 Å². The molecule has 12 unspecified atom stereocenters. The first kappa shape index (κ1) is 48.2. The van der Waals surface area contributed by atoms with E-state index >= 15 is 0 Å². The summed E-state index contributed by atoms with van der Waals surface area (Å²) in [7, 11) is 0. The highest BCUT2D eigenvalue weighted by Gasteiger charge is 2.58. The number of rotatable bonds is 8. The summed E-state index contributed by atoms with van der Waals surface area (Å²) in [5, 5.41) is 14.5. The zero-order valence-electron chi connectivity index (χ0n) is 44.7. The zero-order valence-corrected chi connectivity index (χ0v) is 45.5. The molecular weight excluding hydrogens is 853 g/mol. The Balaban J connectivity index is 0.793. The molecule has 1 aromatic heterocycles. The Morgan fingerprint density at radius 3 is 0.696 bits per heavy atom. The molecule has 2 nitrogen and oxygen atoms in total. The highest BCUT2D eigenvalue weighted by Crippen LogP contribution is 2.67. The summed E-state index contributed by atoms with van der Waals surface area (Å²) in [6.07, 6.45) is 65.2. The normalized spacial score (nSPS) is 46.8. The molecule has 12 aliphatic rings. The number of aromatic nitrogens is 2. The lowest BCUT2D eigenvalue weighted by atomic mass is 9.46. The topological polar surface area (TPSA) is 25.8 Å². The summed E-state index contributed by atoms with van der Waals surface area (Å²) in [4.78, 5) is 0. The maximum atomic E-state index is 5.66. The second-order valence-electron chi connectivity index (χ2n) is 29.2. The van der Waals surface area contributed by atoms with Crippen molar-refractivity contribution in [2.45, 2.75) is 282 Å². The highest BCUT2D eigenvalue weighted by atomic mass is 32.1. The maximum Gasteiger partial charge on any atom is 0.121 e. The van der Waals surface area contributed by atoms with Gasteiger partial charge in [-0.25, -0.2) is 0 Å². The van der Waals surface area contributed by atoms with E-state index in [4.69, 9.17) is 10.2 Å². The molecular formula is C66H106N2S. The SMILES string of the molecule is C1CCC(C2CC(C3CCCCC3)CC(C3C4CCCCC4C(c4nnc(C5C6CCCCC6C(C6CC(C7CCCCC7)CC(C7CCCCC7)C6)C6CCCCC65)s4)C4CCCCC43)C2)CC1. The van der Waals surface area contributed by atoms with Gasteiger partial charge in [0.2, 0.25) is 0 Å². The molecule has 69 heavy (non-hydrogen) atoms. The molecule has 0 radical (unpaired) electrons. The Bertz CT molecular complexity index is 1540. The summed E-state index contributed by atoms with van der Waals surface area (Å²) in [5.41, 5.74) is 0. The number of nitrogens with zero attached hydrogens (tertiary/aromatic N) is 2. The van der Waals surface area contributed by atoms with Crippen LogP contribution < -0.4 is 0 Å². The van der Waals surface area contributed by atoms with Gasteiger partial charge in [0.05, 0.1) is 0 Å². The van der Waals surface area contributed by atoms with Crippen LogP contribution in [-0.2, 0) is 0 Å². The smallest absolute Gasteiger partial charge is 0.121 e. The molecule has 0 aromatic carbocycles. The molecule has 0 saturated heterocycles. The van der Waals surface area contributed by atoms with E-state index in [-0.39, 0.29) is 0 Å². The number of hydrogen-bond acceptors (Lipinski definition) is 3. The molecule has 12 atom stereocenters. The minimum atomic E-state index is 0.728. The minimum Gasteiger partial charge on any atom is -0.143 e. The zero-order chi connectivity index (χ0) is 45.7. The second-order valence-corrected chi connectivity index (χ2v) is 30.2. The van der Waals surface area contributed by atoms with Gasteiger partial charge in [-0.05, 0) is 208 Å². The van der Waals surface area contributed by atoms with Crippen LogP contribution in [0.5, 0.6) is 0 Å². The monoisotopic (exact) mass is 959 g/mol. The van der Waals surface area contributed by atoms with Gasteiger partial charge in [0.25, 0.3) is 0 Å². The van der Waals surface area contributed by atoms with Gasteiger partial charge in [-0.3, -0.25) is 0 Å². The van der Waals surface area contributed by atoms with Crippen molar-refractivity contribution in [1.82, 2.24) is 10.2 Å². The van der Waals surface area contributed by atoms with E-state index in [1.165, 1.54) is 154 Å². The molecule has 12 aliphatic carbocycles. The van der Waals surface area contributed by atoms with Crippen molar-refractivity contribution < 1.29 is 0 Å². The van der Waals surface area contributed by atoms with Gasteiger partial charge in [-0.1, -0.05) is 180 Å². The van der Waals surface area contributed by atoms with Crippen LogP contribution in [-0.4, -0.2) is 10.2 Å². The van der Waals surface area contributed by atoms with Crippen molar-refractivity contribution in [2.75, 3.05) is 0 Å². The average Bonchev–Trinajstić information content (AvgIpc) is 3.91. The van der Waals surface area contributed by atoms with E-state index < -0.39 is 0 Å². The van der Waals surface area contributed by atoms with Crippen molar-refractivity contribution >= 4 is 11.3 Å². The molecule has 0 aliphatic heterocycles. The Hall–Kier alpha value is -0.440.